The van der Waals surface area contributed by atoms with Crippen molar-refractivity contribution in [3.8, 4) is 18.2 Å². The first kappa shape index (κ1) is 12.4. The van der Waals surface area contributed by atoms with E-state index in [1.807, 2.05) is 25.1 Å². The molecule has 3 nitrogen and oxygen atoms in total. The van der Waals surface area contributed by atoms with E-state index in [1.54, 1.807) is 0 Å². The van der Waals surface area contributed by atoms with E-state index >= 15 is 0 Å². The van der Waals surface area contributed by atoms with Crippen molar-refractivity contribution < 1.29 is 4.74 Å². The molecule has 16 heavy (non-hydrogen) atoms. The fourth-order valence-electron chi connectivity index (χ4n) is 1.31. The van der Waals surface area contributed by atoms with Crippen LogP contribution in [0.3, 0.4) is 0 Å². The lowest BCUT2D eigenvalue weighted by atomic mass is 10.2. The highest BCUT2D eigenvalue weighted by molar-refractivity contribution is 5.36. The smallest absolute Gasteiger partial charge is 0.215 e. The van der Waals surface area contributed by atoms with Crippen LogP contribution in [0.1, 0.15) is 26.2 Å². The van der Waals surface area contributed by atoms with Crippen LogP contribution in [-0.4, -0.2) is 18.1 Å². The molecule has 0 atom stereocenters. The lowest BCUT2D eigenvalue weighted by Gasteiger charge is -2.07. The number of ether oxygens (including phenoxy) is 1. The summed E-state index contributed by atoms with van der Waals surface area (Å²) in [5.41, 5.74) is 0. The molecule has 0 aliphatic rings. The molecule has 1 rings (SSSR count). The molecule has 0 bridgehead atoms. The van der Waals surface area contributed by atoms with Crippen molar-refractivity contribution in [1.82, 2.24) is 4.98 Å². The quantitative estimate of drug-likeness (QED) is 0.564. The number of anilines is 1. The monoisotopic (exact) mass is 218 g/mol. The van der Waals surface area contributed by atoms with Crippen molar-refractivity contribution in [2.75, 3.05) is 18.5 Å². The van der Waals surface area contributed by atoms with Crippen LogP contribution in [0.4, 0.5) is 5.82 Å². The molecule has 1 aromatic heterocycles. The summed E-state index contributed by atoms with van der Waals surface area (Å²) in [5.74, 6) is 4.15. The van der Waals surface area contributed by atoms with Gasteiger partial charge in [0.2, 0.25) is 5.88 Å². The molecule has 0 saturated carbocycles. The molecule has 86 valence electrons. The zero-order chi connectivity index (χ0) is 11.6. The molecule has 0 aromatic carbocycles. The minimum absolute atomic E-state index is 0.638. The van der Waals surface area contributed by atoms with Crippen molar-refractivity contribution in [3.63, 3.8) is 0 Å². The fourth-order valence-corrected chi connectivity index (χ4v) is 1.31. The molecular formula is C13H18N2O. The molecule has 0 radical (unpaired) electrons. The van der Waals surface area contributed by atoms with Gasteiger partial charge in [0.15, 0.2) is 0 Å². The minimum atomic E-state index is 0.638. The summed E-state index contributed by atoms with van der Waals surface area (Å²) >= 11 is 0. The number of hydrogen-bond acceptors (Lipinski definition) is 3. The Morgan fingerprint density at radius 1 is 1.44 bits per heavy atom. The van der Waals surface area contributed by atoms with Crippen LogP contribution in [0.2, 0.25) is 0 Å². The summed E-state index contributed by atoms with van der Waals surface area (Å²) in [7, 11) is 0. The van der Waals surface area contributed by atoms with Crippen LogP contribution in [0, 0.1) is 12.3 Å². The number of terminal acetylenes is 1. The Morgan fingerprint density at radius 2 is 2.31 bits per heavy atom. The van der Waals surface area contributed by atoms with Gasteiger partial charge in [-0.25, -0.2) is 0 Å². The first-order valence-corrected chi connectivity index (χ1v) is 5.64. The van der Waals surface area contributed by atoms with Gasteiger partial charge in [0.1, 0.15) is 5.82 Å². The third-order valence-electron chi connectivity index (χ3n) is 2.07. The molecule has 1 N–H and O–H groups in total. The highest BCUT2D eigenvalue weighted by Crippen LogP contribution is 2.11. The van der Waals surface area contributed by atoms with Gasteiger partial charge in [-0.15, -0.1) is 12.3 Å². The molecule has 0 saturated heterocycles. The van der Waals surface area contributed by atoms with E-state index in [2.05, 4.69) is 16.2 Å². The van der Waals surface area contributed by atoms with Gasteiger partial charge in [-0.3, -0.25) is 0 Å². The molecule has 0 unspecified atom stereocenters. The van der Waals surface area contributed by atoms with Crippen LogP contribution in [0.15, 0.2) is 18.2 Å². The van der Waals surface area contributed by atoms with Crippen LogP contribution in [0.25, 0.3) is 0 Å². The first-order chi connectivity index (χ1) is 7.86. The molecule has 0 fully saturated rings. The Labute approximate surface area is 97.2 Å². The summed E-state index contributed by atoms with van der Waals surface area (Å²) in [6.45, 7) is 3.48. The second-order valence-electron chi connectivity index (χ2n) is 3.38. The Balaban J connectivity index is 2.30. The summed E-state index contributed by atoms with van der Waals surface area (Å²) in [4.78, 5) is 4.31. The molecule has 3 heteroatoms. The van der Waals surface area contributed by atoms with Crippen molar-refractivity contribution in [2.45, 2.75) is 26.2 Å². The number of pyridine rings is 1. The molecule has 1 heterocycles. The van der Waals surface area contributed by atoms with Crippen LogP contribution in [0.5, 0.6) is 5.88 Å². The number of aromatic nitrogens is 1. The molecule has 0 aliphatic heterocycles. The van der Waals surface area contributed by atoms with Crippen molar-refractivity contribution in [3.05, 3.63) is 18.2 Å². The van der Waals surface area contributed by atoms with Crippen LogP contribution >= 0.6 is 0 Å². The van der Waals surface area contributed by atoms with Gasteiger partial charge in [-0.1, -0.05) is 6.07 Å². The van der Waals surface area contributed by atoms with E-state index in [1.165, 1.54) is 0 Å². The molecule has 1 aromatic rings. The van der Waals surface area contributed by atoms with Gasteiger partial charge in [0.05, 0.1) is 6.61 Å². The van der Waals surface area contributed by atoms with Gasteiger partial charge in [-0.05, 0) is 25.8 Å². The molecule has 0 spiro atoms. The Hall–Kier alpha value is -1.69. The number of unbranched alkanes of at least 4 members (excludes halogenated alkanes) is 2. The second kappa shape index (κ2) is 7.58. The Kier molecular flexibility index (Phi) is 5.87. The lowest BCUT2D eigenvalue weighted by Crippen LogP contribution is -2.04. The molecule has 0 amide bonds. The average Bonchev–Trinajstić information content (AvgIpc) is 2.30. The average molecular weight is 218 g/mol. The second-order valence-corrected chi connectivity index (χ2v) is 3.38. The van der Waals surface area contributed by atoms with E-state index in [-0.39, 0.29) is 0 Å². The normalized spacial score (nSPS) is 9.50. The van der Waals surface area contributed by atoms with Crippen LogP contribution < -0.4 is 10.1 Å². The zero-order valence-corrected chi connectivity index (χ0v) is 9.70. The van der Waals surface area contributed by atoms with Gasteiger partial charge < -0.3 is 10.1 Å². The highest BCUT2D eigenvalue weighted by Gasteiger charge is 1.96. The zero-order valence-electron chi connectivity index (χ0n) is 9.70. The summed E-state index contributed by atoms with van der Waals surface area (Å²) in [5, 5.41) is 3.24. The minimum Gasteiger partial charge on any atom is -0.478 e. The van der Waals surface area contributed by atoms with E-state index in [0.717, 1.165) is 31.6 Å². The van der Waals surface area contributed by atoms with Crippen molar-refractivity contribution in [2.24, 2.45) is 0 Å². The first-order valence-electron chi connectivity index (χ1n) is 5.64. The third kappa shape index (κ3) is 4.70. The SMILES string of the molecule is C#CCCCCNc1cccc(OCC)n1. The Morgan fingerprint density at radius 3 is 3.06 bits per heavy atom. The van der Waals surface area contributed by atoms with Crippen molar-refractivity contribution >= 4 is 5.82 Å². The van der Waals surface area contributed by atoms with E-state index in [0.29, 0.717) is 12.5 Å². The largest absolute Gasteiger partial charge is 0.478 e. The van der Waals surface area contributed by atoms with Crippen molar-refractivity contribution in [1.29, 1.82) is 0 Å². The van der Waals surface area contributed by atoms with Gasteiger partial charge >= 0.3 is 0 Å². The predicted octanol–water partition coefficient (Wildman–Crippen LogP) is 2.70. The van der Waals surface area contributed by atoms with Crippen LogP contribution in [-0.2, 0) is 0 Å². The fraction of sp³-hybridized carbons (Fsp3) is 0.462. The number of hydrogen-bond donors (Lipinski definition) is 1. The maximum absolute atomic E-state index is 5.31. The summed E-state index contributed by atoms with van der Waals surface area (Å²) < 4.78 is 5.31. The Bertz CT molecular complexity index is 344. The van der Waals surface area contributed by atoms with Gasteiger partial charge in [-0.2, -0.15) is 4.98 Å². The van der Waals surface area contributed by atoms with E-state index in [4.69, 9.17) is 11.2 Å². The topological polar surface area (TPSA) is 34.1 Å². The maximum atomic E-state index is 5.31. The third-order valence-corrected chi connectivity index (χ3v) is 2.07. The lowest BCUT2D eigenvalue weighted by molar-refractivity contribution is 0.327. The summed E-state index contributed by atoms with van der Waals surface area (Å²) in [6, 6.07) is 5.72. The number of nitrogens with one attached hydrogen (secondary N) is 1. The predicted molar refractivity (Wildman–Crippen MR) is 66.6 cm³/mol. The van der Waals surface area contributed by atoms with E-state index < -0.39 is 0 Å². The highest BCUT2D eigenvalue weighted by atomic mass is 16.5. The maximum Gasteiger partial charge on any atom is 0.215 e. The standard InChI is InChI=1S/C13H18N2O/c1-3-5-6-7-11-14-12-9-8-10-13(15-12)16-4-2/h1,8-10H,4-7,11H2,2H3,(H,14,15). The molecule has 0 aliphatic carbocycles. The molecular weight excluding hydrogens is 200 g/mol. The van der Waals surface area contributed by atoms with Gasteiger partial charge in [0, 0.05) is 19.0 Å². The number of rotatable bonds is 7. The van der Waals surface area contributed by atoms with Gasteiger partial charge in [0.25, 0.3) is 0 Å². The van der Waals surface area contributed by atoms with E-state index in [9.17, 15) is 0 Å². The number of nitrogens with zero attached hydrogens (tertiary/aromatic N) is 1. The summed E-state index contributed by atoms with van der Waals surface area (Å²) in [6.07, 6.45) is 8.13.